The van der Waals surface area contributed by atoms with E-state index in [1.54, 1.807) is 12.1 Å². The molecule has 0 saturated carbocycles. The van der Waals surface area contributed by atoms with Gasteiger partial charge in [-0.05, 0) is 207 Å². The van der Waals surface area contributed by atoms with Gasteiger partial charge < -0.3 is 47.4 Å². The van der Waals surface area contributed by atoms with Gasteiger partial charge in [0, 0.05) is 36.2 Å². The lowest BCUT2D eigenvalue weighted by atomic mass is 10.1. The predicted octanol–water partition coefficient (Wildman–Crippen LogP) is 22.4. The van der Waals surface area contributed by atoms with E-state index >= 15 is 0 Å². The van der Waals surface area contributed by atoms with Crippen LogP contribution in [0.3, 0.4) is 0 Å². The summed E-state index contributed by atoms with van der Waals surface area (Å²) in [4.78, 5) is 23.2. The maximum Gasteiger partial charge on any atom is 0.367 e. The molecular formula is C67H98F2O12S14. The molecule has 0 aliphatic carbocycles. The number of rotatable bonds is 33. The van der Waals surface area contributed by atoms with Gasteiger partial charge >= 0.3 is 10.6 Å². The second-order valence-electron chi connectivity index (χ2n) is 21.3. The van der Waals surface area contributed by atoms with Crippen molar-refractivity contribution in [3.63, 3.8) is 0 Å². The molecule has 0 spiro atoms. The molecule has 2 saturated heterocycles. The largest absolute Gasteiger partial charge is 0.479 e. The highest BCUT2D eigenvalue weighted by molar-refractivity contribution is 8.35. The average Bonchev–Trinajstić information content (AvgIpc) is 3.03. The standard InChI is InChI=1S/C19H28O4S2.C13H20O4S4.2C12H15FOS2.C11H20O2S4/c1-4-6-11-22-18(20)24-13-16-7-9-17(10-8-16)14-25-19(21)23-12-15(3)5-2;18-12(16-7-10-3-1-5-14-10)20-9-21-13(19)17-8-11-4-2-6-15-11;1-9(2)7-14-12(15)16-8-10-4-3-5-11(13)6-10;1-2-3-7-14-12(15)16-9-10-5-4-6-11(13)8-10;1-3-5-7-12-10(14)16-9-17-11(15)13-8-6-4-2/h7-10,15H,4-6,11-14H2,1-3H3;10-11H,1-9H2;3-6,9H,7-8H2,1-2H3;4-6,8H,2-3,7,9H2,1H3;3-9H2,1-2H3. The van der Waals surface area contributed by atoms with Crippen LogP contribution in [0.4, 0.5) is 18.4 Å². The first-order chi connectivity index (χ1) is 45.8. The van der Waals surface area contributed by atoms with Crippen LogP contribution < -0.4 is 0 Å². The van der Waals surface area contributed by atoms with Gasteiger partial charge in [0.1, 0.15) is 24.8 Å². The molecule has 2 fully saturated rings. The first-order valence-electron chi connectivity index (χ1n) is 31.9. The number of unbranched alkanes of at least 4 members (excludes halogenated alkanes) is 4. The van der Waals surface area contributed by atoms with Crippen LogP contribution in [-0.2, 0) is 70.4 Å². The van der Waals surface area contributed by atoms with Crippen LogP contribution in [0.25, 0.3) is 0 Å². The lowest BCUT2D eigenvalue weighted by Gasteiger charge is -2.12. The zero-order chi connectivity index (χ0) is 70.1. The number of thioether (sulfide) groups is 8. The number of hydrogen-bond donors (Lipinski definition) is 0. The average molecular weight is 1580 g/mol. The fourth-order valence-electron chi connectivity index (χ4n) is 6.77. The molecule has 536 valence electrons. The molecule has 0 aromatic heterocycles. The van der Waals surface area contributed by atoms with Gasteiger partial charge in [0.15, 0.2) is 0 Å². The molecule has 5 rings (SSSR count). The van der Waals surface area contributed by atoms with Crippen molar-refractivity contribution in [1.82, 2.24) is 0 Å². The number of carbonyl (C=O) groups excluding carboxylic acids is 2. The Balaban J connectivity index is 0.000000601. The summed E-state index contributed by atoms with van der Waals surface area (Å²) in [6, 6.07) is 21.0. The normalized spacial score (nSPS) is 13.9. The van der Waals surface area contributed by atoms with E-state index in [9.17, 15) is 18.4 Å². The minimum absolute atomic E-state index is 0.201. The van der Waals surface area contributed by atoms with Crippen molar-refractivity contribution in [3.05, 3.63) is 107 Å². The van der Waals surface area contributed by atoms with Gasteiger partial charge in [0.05, 0.1) is 62.0 Å². The molecule has 0 radical (unpaired) electrons. The van der Waals surface area contributed by atoms with Gasteiger partial charge in [-0.1, -0.05) is 207 Å². The van der Waals surface area contributed by atoms with Gasteiger partial charge in [-0.15, -0.1) is 0 Å². The number of benzene rings is 3. The number of carbonyl (C=O) groups is 2. The summed E-state index contributed by atoms with van der Waals surface area (Å²) in [5.41, 5.74) is 3.96. The number of thiocarbonyl (C=S) groups is 6. The highest BCUT2D eigenvalue weighted by atomic mass is 32.2. The van der Waals surface area contributed by atoms with Crippen LogP contribution in [0.15, 0.2) is 72.8 Å². The maximum absolute atomic E-state index is 12.9. The van der Waals surface area contributed by atoms with Crippen LogP contribution in [-0.4, -0.2) is 125 Å². The van der Waals surface area contributed by atoms with E-state index in [1.165, 1.54) is 118 Å². The van der Waals surface area contributed by atoms with Gasteiger partial charge in [-0.25, -0.2) is 18.4 Å². The van der Waals surface area contributed by atoms with Gasteiger partial charge in [0.25, 0.3) is 0 Å². The second-order valence-corrected chi connectivity index (χ2v) is 33.3. The van der Waals surface area contributed by atoms with E-state index in [-0.39, 0.29) is 34.4 Å². The minimum Gasteiger partial charge on any atom is -0.479 e. The zero-order valence-corrected chi connectivity index (χ0v) is 67.5. The lowest BCUT2D eigenvalue weighted by molar-refractivity contribution is 0.0666. The lowest BCUT2D eigenvalue weighted by Crippen LogP contribution is -2.16. The van der Waals surface area contributed by atoms with E-state index in [1.807, 2.05) is 36.4 Å². The van der Waals surface area contributed by atoms with Crippen molar-refractivity contribution in [1.29, 1.82) is 0 Å². The number of ether oxygens (including phenoxy) is 10. The summed E-state index contributed by atoms with van der Waals surface area (Å²) in [5, 5.41) is 1.01. The van der Waals surface area contributed by atoms with Gasteiger partial charge in [-0.3, -0.25) is 0 Å². The fraction of sp³-hybridized carbons (Fsp3) is 0.612. The van der Waals surface area contributed by atoms with Crippen LogP contribution in [0.1, 0.15) is 161 Å². The molecule has 3 atom stereocenters. The number of hydrogen-bond acceptors (Lipinski definition) is 26. The maximum atomic E-state index is 12.9. The molecule has 3 aromatic carbocycles. The zero-order valence-electron chi connectivity index (χ0n) is 56.1. The van der Waals surface area contributed by atoms with Crippen LogP contribution in [0, 0.1) is 23.5 Å². The molecule has 2 aliphatic rings. The highest BCUT2D eigenvalue weighted by Crippen LogP contribution is 2.24. The minimum atomic E-state index is -0.227. The van der Waals surface area contributed by atoms with Crippen LogP contribution in [0.2, 0.25) is 0 Å². The molecule has 95 heavy (non-hydrogen) atoms. The fourth-order valence-corrected chi connectivity index (χ4v) is 14.5. The molecular weight excluding hydrogens is 1480 g/mol. The Kier molecular flexibility index (Phi) is 60.0. The molecule has 0 bridgehead atoms. The van der Waals surface area contributed by atoms with Crippen molar-refractivity contribution in [3.8, 4) is 0 Å². The van der Waals surface area contributed by atoms with Crippen molar-refractivity contribution in [2.45, 2.75) is 174 Å². The molecule has 28 heteroatoms. The highest BCUT2D eigenvalue weighted by Gasteiger charge is 2.19. The second kappa shape index (κ2) is 62.3. The Bertz CT molecular complexity index is 2510. The predicted molar refractivity (Wildman–Crippen MR) is 430 cm³/mol. The Hall–Kier alpha value is -1.48. The first-order valence-corrected chi connectivity index (χ1v) is 42.3. The third kappa shape index (κ3) is 55.8. The van der Waals surface area contributed by atoms with Crippen LogP contribution in [0.5, 0.6) is 0 Å². The van der Waals surface area contributed by atoms with Crippen molar-refractivity contribution in [2.75, 3.05) is 76.2 Å². The van der Waals surface area contributed by atoms with Crippen molar-refractivity contribution in [2.24, 2.45) is 11.8 Å². The molecule has 0 amide bonds. The van der Waals surface area contributed by atoms with E-state index in [0.29, 0.717) is 119 Å². The monoisotopic (exact) mass is 1580 g/mol. The topological polar surface area (TPSA) is 126 Å². The molecule has 3 unspecified atom stereocenters. The summed E-state index contributed by atoms with van der Waals surface area (Å²) in [6.07, 6.45) is 14.1. The van der Waals surface area contributed by atoms with E-state index in [2.05, 4.69) is 55.4 Å². The van der Waals surface area contributed by atoms with Crippen LogP contribution >= 0.6 is 167 Å². The summed E-state index contributed by atoms with van der Waals surface area (Å²) in [6.45, 7) is 23.2. The smallest absolute Gasteiger partial charge is 0.367 e. The quantitative estimate of drug-likeness (QED) is 0.0248. The van der Waals surface area contributed by atoms with E-state index in [0.717, 1.165) is 124 Å². The molecule has 2 aliphatic heterocycles. The van der Waals surface area contributed by atoms with Crippen molar-refractivity contribution < 1.29 is 65.7 Å². The summed E-state index contributed by atoms with van der Waals surface area (Å²) >= 11 is 41.7. The Morgan fingerprint density at radius 3 is 1.17 bits per heavy atom. The van der Waals surface area contributed by atoms with Gasteiger partial charge in [-0.2, -0.15) is 0 Å². The van der Waals surface area contributed by atoms with Crippen molar-refractivity contribution >= 4 is 204 Å². The third-order valence-electron chi connectivity index (χ3n) is 12.3. The SMILES string of the molecule is CC(C)COC(=S)SCc1cccc(F)c1.CCCCOC(=O)SCc1ccc(CSC(=O)OCC(C)CC)cc1.CCCCOC(=S)SCSC(=S)OCCCC.CCCCOC(=S)SCc1cccc(F)c1.S=C(OCC1CCCO1)SCSC(=S)OCC1CCCO1. The molecule has 12 nitrogen and oxygen atoms in total. The third-order valence-corrected chi connectivity index (χ3v) is 21.8. The van der Waals surface area contributed by atoms with Gasteiger partial charge in [0.2, 0.25) is 26.3 Å². The number of halogens is 2. The first kappa shape index (κ1) is 91.5. The Labute approximate surface area is 632 Å². The Morgan fingerprint density at radius 2 is 0.811 bits per heavy atom. The Morgan fingerprint density at radius 1 is 0.453 bits per heavy atom. The summed E-state index contributed by atoms with van der Waals surface area (Å²) < 4.78 is 82.8. The van der Waals surface area contributed by atoms with E-state index in [4.69, 9.17) is 121 Å². The molecule has 0 N–H and O–H groups in total. The summed E-state index contributed by atoms with van der Waals surface area (Å²) in [5.74, 6) is 2.92. The molecule has 3 aromatic rings. The summed E-state index contributed by atoms with van der Waals surface area (Å²) in [7, 11) is 0. The van der Waals surface area contributed by atoms with E-state index < -0.39 is 0 Å². The molecule has 2 heterocycles.